The number of aliphatic hydroxyl groups is 1. The first-order chi connectivity index (χ1) is 5.29. The van der Waals surface area contributed by atoms with Crippen molar-refractivity contribution in [1.82, 2.24) is 15.0 Å². The molecular formula is C7H11N3O. The van der Waals surface area contributed by atoms with E-state index in [9.17, 15) is 5.11 Å². The summed E-state index contributed by atoms with van der Waals surface area (Å²) in [4.78, 5) is 0. The Kier molecular flexibility index (Phi) is 1.42. The zero-order valence-electron chi connectivity index (χ0n) is 6.44. The van der Waals surface area contributed by atoms with Crippen molar-refractivity contribution in [3.63, 3.8) is 0 Å². The highest BCUT2D eigenvalue weighted by atomic mass is 16.3. The fraction of sp³-hybridized carbons (Fsp3) is 0.714. The molecule has 0 spiro atoms. The second-order valence-electron chi connectivity index (χ2n) is 3.03. The van der Waals surface area contributed by atoms with E-state index in [-0.39, 0.29) is 12.0 Å². The van der Waals surface area contributed by atoms with E-state index in [2.05, 4.69) is 10.3 Å². The minimum absolute atomic E-state index is 0.174. The van der Waals surface area contributed by atoms with Crippen LogP contribution in [-0.4, -0.2) is 26.2 Å². The van der Waals surface area contributed by atoms with Crippen LogP contribution in [0.15, 0.2) is 6.20 Å². The van der Waals surface area contributed by atoms with Gasteiger partial charge in [-0.15, -0.1) is 5.10 Å². The summed E-state index contributed by atoms with van der Waals surface area (Å²) in [6.07, 6.45) is 3.53. The molecule has 0 bridgehead atoms. The second-order valence-corrected chi connectivity index (χ2v) is 3.03. The summed E-state index contributed by atoms with van der Waals surface area (Å²) in [6.45, 7) is 0. The lowest BCUT2D eigenvalue weighted by atomic mass is 9.80. The van der Waals surface area contributed by atoms with Crippen LogP contribution in [0.25, 0.3) is 0 Å². The molecule has 2 rings (SSSR count). The first-order valence-electron chi connectivity index (χ1n) is 3.81. The van der Waals surface area contributed by atoms with Gasteiger partial charge in [-0.05, 0) is 12.8 Å². The topological polar surface area (TPSA) is 50.9 Å². The average molecular weight is 153 g/mol. The second kappa shape index (κ2) is 2.30. The quantitative estimate of drug-likeness (QED) is 0.620. The molecule has 0 amide bonds. The zero-order valence-corrected chi connectivity index (χ0v) is 6.44. The summed E-state index contributed by atoms with van der Waals surface area (Å²) >= 11 is 0. The van der Waals surface area contributed by atoms with Gasteiger partial charge in [0.2, 0.25) is 0 Å². The molecule has 4 heteroatoms. The van der Waals surface area contributed by atoms with Crippen molar-refractivity contribution in [2.45, 2.75) is 24.9 Å². The van der Waals surface area contributed by atoms with Crippen molar-refractivity contribution in [3.8, 4) is 0 Å². The fourth-order valence-electron chi connectivity index (χ4n) is 1.46. The largest absolute Gasteiger partial charge is 0.392 e. The lowest BCUT2D eigenvalue weighted by Gasteiger charge is -2.31. The highest BCUT2D eigenvalue weighted by molar-refractivity contribution is 5.10. The van der Waals surface area contributed by atoms with Crippen LogP contribution in [0.4, 0.5) is 0 Å². The van der Waals surface area contributed by atoms with E-state index >= 15 is 0 Å². The maximum Gasteiger partial charge on any atom is 0.0728 e. The van der Waals surface area contributed by atoms with Gasteiger partial charge in [0, 0.05) is 13.0 Å². The Morgan fingerprint density at radius 1 is 1.64 bits per heavy atom. The first kappa shape index (κ1) is 6.79. The lowest BCUT2D eigenvalue weighted by Crippen LogP contribution is -2.30. The molecular weight excluding hydrogens is 142 g/mol. The van der Waals surface area contributed by atoms with Crippen LogP contribution in [0.3, 0.4) is 0 Å². The maximum absolute atomic E-state index is 9.34. The molecule has 1 heterocycles. The standard InChI is InChI=1S/C7H11N3O/c1-10-6(4-8-9-10)5-2-3-7(5)11/h4-5,7,11H,2-3H2,1H3. The number of aryl methyl sites for hydroxylation is 1. The van der Waals surface area contributed by atoms with Crippen molar-refractivity contribution in [1.29, 1.82) is 0 Å². The van der Waals surface area contributed by atoms with E-state index in [1.54, 1.807) is 10.9 Å². The average Bonchev–Trinajstić information content (AvgIpc) is 2.34. The smallest absolute Gasteiger partial charge is 0.0728 e. The third kappa shape index (κ3) is 0.939. The fourth-order valence-corrected chi connectivity index (χ4v) is 1.46. The number of hydrogen-bond acceptors (Lipinski definition) is 3. The Labute approximate surface area is 64.8 Å². The minimum Gasteiger partial charge on any atom is -0.392 e. The number of rotatable bonds is 1. The Balaban J connectivity index is 2.22. The monoisotopic (exact) mass is 153 g/mol. The molecule has 1 fully saturated rings. The van der Waals surface area contributed by atoms with Crippen LogP contribution < -0.4 is 0 Å². The number of aromatic nitrogens is 3. The van der Waals surface area contributed by atoms with E-state index in [0.29, 0.717) is 0 Å². The van der Waals surface area contributed by atoms with E-state index in [1.165, 1.54) is 0 Å². The first-order valence-corrected chi connectivity index (χ1v) is 3.81. The van der Waals surface area contributed by atoms with Gasteiger partial charge in [0.15, 0.2) is 0 Å². The third-order valence-corrected chi connectivity index (χ3v) is 2.37. The van der Waals surface area contributed by atoms with Gasteiger partial charge in [-0.2, -0.15) is 0 Å². The predicted octanol–water partition coefficient (Wildman–Crippen LogP) is 0.0534. The van der Waals surface area contributed by atoms with Gasteiger partial charge in [-0.25, -0.2) is 0 Å². The van der Waals surface area contributed by atoms with Crippen LogP contribution in [0.1, 0.15) is 24.5 Å². The highest BCUT2D eigenvalue weighted by Crippen LogP contribution is 2.35. The molecule has 60 valence electrons. The molecule has 1 aromatic heterocycles. The van der Waals surface area contributed by atoms with Crippen LogP contribution in [0.2, 0.25) is 0 Å². The third-order valence-electron chi connectivity index (χ3n) is 2.37. The lowest BCUT2D eigenvalue weighted by molar-refractivity contribution is 0.0624. The molecule has 1 aliphatic carbocycles. The zero-order chi connectivity index (χ0) is 7.84. The van der Waals surface area contributed by atoms with Gasteiger partial charge in [-0.1, -0.05) is 5.21 Å². The predicted molar refractivity (Wildman–Crippen MR) is 39.0 cm³/mol. The SMILES string of the molecule is Cn1nncc1C1CCC1O. The van der Waals surface area contributed by atoms with Crippen LogP contribution >= 0.6 is 0 Å². The normalized spacial score (nSPS) is 30.0. The molecule has 4 nitrogen and oxygen atoms in total. The summed E-state index contributed by atoms with van der Waals surface area (Å²) < 4.78 is 1.73. The molecule has 2 unspecified atom stereocenters. The summed E-state index contributed by atoms with van der Waals surface area (Å²) in [5.74, 6) is 0.273. The van der Waals surface area contributed by atoms with Crippen molar-refractivity contribution < 1.29 is 5.11 Å². The van der Waals surface area contributed by atoms with Crippen LogP contribution in [-0.2, 0) is 7.05 Å². The molecule has 0 saturated heterocycles. The van der Waals surface area contributed by atoms with E-state index in [4.69, 9.17) is 0 Å². The van der Waals surface area contributed by atoms with Gasteiger partial charge < -0.3 is 5.11 Å². The maximum atomic E-state index is 9.34. The van der Waals surface area contributed by atoms with Crippen LogP contribution in [0.5, 0.6) is 0 Å². The number of aliphatic hydroxyl groups excluding tert-OH is 1. The van der Waals surface area contributed by atoms with Gasteiger partial charge in [0.05, 0.1) is 18.0 Å². The highest BCUT2D eigenvalue weighted by Gasteiger charge is 2.32. The molecule has 0 radical (unpaired) electrons. The molecule has 0 aliphatic heterocycles. The molecule has 11 heavy (non-hydrogen) atoms. The van der Waals surface area contributed by atoms with Gasteiger partial charge in [0.1, 0.15) is 0 Å². The van der Waals surface area contributed by atoms with Crippen molar-refractivity contribution in [3.05, 3.63) is 11.9 Å². The molecule has 1 aromatic rings. The molecule has 1 N–H and O–H groups in total. The van der Waals surface area contributed by atoms with Crippen molar-refractivity contribution >= 4 is 0 Å². The van der Waals surface area contributed by atoms with E-state index < -0.39 is 0 Å². The summed E-state index contributed by atoms with van der Waals surface area (Å²) in [6, 6.07) is 0. The summed E-state index contributed by atoms with van der Waals surface area (Å²) in [5, 5.41) is 16.9. The van der Waals surface area contributed by atoms with Gasteiger partial charge in [0.25, 0.3) is 0 Å². The Hall–Kier alpha value is -0.900. The van der Waals surface area contributed by atoms with Crippen LogP contribution in [0, 0.1) is 0 Å². The number of nitrogens with zero attached hydrogens (tertiary/aromatic N) is 3. The summed E-state index contributed by atoms with van der Waals surface area (Å²) in [5.41, 5.74) is 1.05. The van der Waals surface area contributed by atoms with E-state index in [1.807, 2.05) is 7.05 Å². The molecule has 2 atom stereocenters. The van der Waals surface area contributed by atoms with Crippen molar-refractivity contribution in [2.24, 2.45) is 7.05 Å². The summed E-state index contributed by atoms with van der Waals surface area (Å²) in [7, 11) is 1.85. The van der Waals surface area contributed by atoms with E-state index in [0.717, 1.165) is 18.5 Å². The molecule has 0 aromatic carbocycles. The van der Waals surface area contributed by atoms with Gasteiger partial charge in [-0.3, -0.25) is 4.68 Å². The Morgan fingerprint density at radius 3 is 2.82 bits per heavy atom. The molecule has 1 aliphatic rings. The van der Waals surface area contributed by atoms with Gasteiger partial charge >= 0.3 is 0 Å². The Bertz CT molecular complexity index is 258. The van der Waals surface area contributed by atoms with Crippen molar-refractivity contribution in [2.75, 3.05) is 0 Å². The Morgan fingerprint density at radius 2 is 2.45 bits per heavy atom. The molecule has 1 saturated carbocycles. The number of hydrogen-bond donors (Lipinski definition) is 1. The minimum atomic E-state index is -0.174.